The summed E-state index contributed by atoms with van der Waals surface area (Å²) in [5.74, 6) is 0.686. The van der Waals surface area contributed by atoms with E-state index < -0.39 is 0 Å². The molecule has 3 heteroatoms. The fourth-order valence-corrected chi connectivity index (χ4v) is 1.72. The molecule has 0 bridgehead atoms. The first kappa shape index (κ1) is 11.0. The summed E-state index contributed by atoms with van der Waals surface area (Å²) >= 11 is 0. The molecule has 0 amide bonds. The van der Waals surface area contributed by atoms with Gasteiger partial charge in [0.2, 0.25) is 0 Å². The van der Waals surface area contributed by atoms with Crippen molar-refractivity contribution in [1.82, 2.24) is 5.32 Å². The van der Waals surface area contributed by atoms with E-state index in [-0.39, 0.29) is 0 Å². The molecule has 1 N–H and O–H groups in total. The lowest BCUT2D eigenvalue weighted by atomic mass is 9.95. The molecule has 78 valence electrons. The Labute approximate surface area is 80.8 Å². The summed E-state index contributed by atoms with van der Waals surface area (Å²) in [4.78, 5) is 0. The highest BCUT2D eigenvalue weighted by Crippen LogP contribution is 2.19. The summed E-state index contributed by atoms with van der Waals surface area (Å²) in [5, 5.41) is 3.38. The molecule has 0 spiro atoms. The molecule has 2 unspecified atom stereocenters. The van der Waals surface area contributed by atoms with Gasteiger partial charge in [-0.2, -0.15) is 0 Å². The number of methoxy groups -OCH3 is 1. The highest BCUT2D eigenvalue weighted by atomic mass is 16.5. The maximum Gasteiger partial charge on any atom is 0.0587 e. The minimum absolute atomic E-state index is 0.420. The average Bonchev–Trinajstić information content (AvgIpc) is 2.15. The molecule has 1 rings (SSSR count). The Hall–Kier alpha value is -0.120. The van der Waals surface area contributed by atoms with Crippen molar-refractivity contribution in [3.05, 3.63) is 0 Å². The van der Waals surface area contributed by atoms with Crippen LogP contribution in [-0.4, -0.2) is 39.5 Å². The van der Waals surface area contributed by atoms with Gasteiger partial charge < -0.3 is 14.8 Å². The molecular formula is C10H21NO2. The molecule has 1 saturated heterocycles. The van der Waals surface area contributed by atoms with Crippen molar-refractivity contribution in [2.24, 2.45) is 5.92 Å². The van der Waals surface area contributed by atoms with Crippen LogP contribution in [0.2, 0.25) is 0 Å². The van der Waals surface area contributed by atoms with E-state index in [0.29, 0.717) is 12.0 Å². The zero-order valence-corrected chi connectivity index (χ0v) is 8.71. The monoisotopic (exact) mass is 187 g/mol. The molecule has 2 atom stereocenters. The number of nitrogens with one attached hydrogen (secondary N) is 1. The highest BCUT2D eigenvalue weighted by molar-refractivity contribution is 4.72. The van der Waals surface area contributed by atoms with Gasteiger partial charge in [-0.05, 0) is 25.7 Å². The quantitative estimate of drug-likeness (QED) is 0.652. The van der Waals surface area contributed by atoms with Crippen LogP contribution in [0.1, 0.15) is 19.8 Å². The summed E-state index contributed by atoms with van der Waals surface area (Å²) in [7, 11) is 1.73. The molecule has 0 aromatic heterocycles. The summed E-state index contributed by atoms with van der Waals surface area (Å²) < 4.78 is 10.5. The van der Waals surface area contributed by atoms with Crippen molar-refractivity contribution in [3.63, 3.8) is 0 Å². The Balaban J connectivity index is 2.05. The molecule has 0 saturated carbocycles. The van der Waals surface area contributed by atoms with Crippen LogP contribution in [0.15, 0.2) is 0 Å². The molecule has 1 fully saturated rings. The van der Waals surface area contributed by atoms with Gasteiger partial charge in [-0.1, -0.05) is 0 Å². The maximum atomic E-state index is 5.58. The number of hydrogen-bond donors (Lipinski definition) is 1. The van der Waals surface area contributed by atoms with E-state index in [1.807, 2.05) is 0 Å². The van der Waals surface area contributed by atoms with Crippen LogP contribution in [0.5, 0.6) is 0 Å². The van der Waals surface area contributed by atoms with Crippen LogP contribution in [0, 0.1) is 5.92 Å². The molecular weight excluding hydrogens is 166 g/mol. The summed E-state index contributed by atoms with van der Waals surface area (Å²) in [6, 6.07) is 0. The van der Waals surface area contributed by atoms with Crippen LogP contribution in [0.3, 0.4) is 0 Å². The molecule has 1 aliphatic heterocycles. The van der Waals surface area contributed by atoms with Crippen molar-refractivity contribution in [3.8, 4) is 0 Å². The van der Waals surface area contributed by atoms with E-state index in [2.05, 4.69) is 12.2 Å². The minimum atomic E-state index is 0.420. The Morgan fingerprint density at radius 1 is 1.54 bits per heavy atom. The summed E-state index contributed by atoms with van der Waals surface area (Å²) in [6.07, 6.45) is 2.92. The zero-order valence-electron chi connectivity index (χ0n) is 8.71. The first-order valence-corrected chi connectivity index (χ1v) is 5.16. The Morgan fingerprint density at radius 3 is 3.08 bits per heavy atom. The van der Waals surface area contributed by atoms with E-state index >= 15 is 0 Å². The van der Waals surface area contributed by atoms with Crippen LogP contribution < -0.4 is 5.32 Å². The first-order chi connectivity index (χ1) is 6.34. The molecule has 3 nitrogen and oxygen atoms in total. The molecule has 1 heterocycles. The lowest BCUT2D eigenvalue weighted by molar-refractivity contribution is -0.0140. The lowest BCUT2D eigenvalue weighted by Crippen LogP contribution is -2.36. The SMILES string of the molecule is COCCNCC1CCCOC1C. The third-order valence-electron chi connectivity index (χ3n) is 2.65. The Morgan fingerprint density at radius 2 is 2.38 bits per heavy atom. The van der Waals surface area contributed by atoms with Crippen molar-refractivity contribution >= 4 is 0 Å². The number of rotatable bonds is 5. The highest BCUT2D eigenvalue weighted by Gasteiger charge is 2.20. The van der Waals surface area contributed by atoms with Crippen molar-refractivity contribution in [2.75, 3.05) is 33.4 Å². The predicted molar refractivity (Wildman–Crippen MR) is 52.9 cm³/mol. The zero-order chi connectivity index (χ0) is 9.52. The largest absolute Gasteiger partial charge is 0.383 e. The predicted octanol–water partition coefficient (Wildman–Crippen LogP) is 1.04. The van der Waals surface area contributed by atoms with Gasteiger partial charge in [-0.3, -0.25) is 0 Å². The molecule has 0 aromatic rings. The average molecular weight is 187 g/mol. The Bertz CT molecular complexity index is 130. The molecule has 1 aliphatic rings. The van der Waals surface area contributed by atoms with Gasteiger partial charge in [0.1, 0.15) is 0 Å². The summed E-state index contributed by atoms with van der Waals surface area (Å²) in [5.41, 5.74) is 0. The fourth-order valence-electron chi connectivity index (χ4n) is 1.72. The molecule has 0 aliphatic carbocycles. The van der Waals surface area contributed by atoms with Crippen molar-refractivity contribution < 1.29 is 9.47 Å². The van der Waals surface area contributed by atoms with Gasteiger partial charge in [-0.15, -0.1) is 0 Å². The molecule has 0 radical (unpaired) electrons. The van der Waals surface area contributed by atoms with E-state index in [0.717, 1.165) is 26.3 Å². The Kier molecular flexibility index (Phi) is 5.35. The second-order valence-electron chi connectivity index (χ2n) is 3.68. The van der Waals surface area contributed by atoms with E-state index in [1.54, 1.807) is 7.11 Å². The standard InChI is InChI=1S/C10H21NO2/c1-9-10(4-3-6-13-9)8-11-5-7-12-2/h9-11H,3-8H2,1-2H3. The normalized spacial score (nSPS) is 29.1. The number of ether oxygens (including phenoxy) is 2. The van der Waals surface area contributed by atoms with Crippen LogP contribution in [0.25, 0.3) is 0 Å². The van der Waals surface area contributed by atoms with Gasteiger partial charge in [0.15, 0.2) is 0 Å². The third-order valence-corrected chi connectivity index (χ3v) is 2.65. The van der Waals surface area contributed by atoms with E-state index in [9.17, 15) is 0 Å². The third kappa shape index (κ3) is 4.07. The van der Waals surface area contributed by atoms with Crippen LogP contribution in [0.4, 0.5) is 0 Å². The van der Waals surface area contributed by atoms with Gasteiger partial charge in [0.05, 0.1) is 12.7 Å². The second kappa shape index (κ2) is 6.35. The van der Waals surface area contributed by atoms with Crippen molar-refractivity contribution in [1.29, 1.82) is 0 Å². The van der Waals surface area contributed by atoms with Gasteiger partial charge in [0, 0.05) is 26.8 Å². The summed E-state index contributed by atoms with van der Waals surface area (Å²) in [6.45, 7) is 5.91. The maximum absolute atomic E-state index is 5.58. The second-order valence-corrected chi connectivity index (χ2v) is 3.68. The minimum Gasteiger partial charge on any atom is -0.383 e. The first-order valence-electron chi connectivity index (χ1n) is 5.16. The van der Waals surface area contributed by atoms with Gasteiger partial charge in [-0.25, -0.2) is 0 Å². The topological polar surface area (TPSA) is 30.5 Å². The van der Waals surface area contributed by atoms with Crippen LogP contribution in [-0.2, 0) is 9.47 Å². The van der Waals surface area contributed by atoms with E-state index in [1.165, 1.54) is 12.8 Å². The van der Waals surface area contributed by atoms with Crippen LogP contribution >= 0.6 is 0 Å². The smallest absolute Gasteiger partial charge is 0.0587 e. The van der Waals surface area contributed by atoms with Crippen molar-refractivity contribution in [2.45, 2.75) is 25.9 Å². The van der Waals surface area contributed by atoms with E-state index in [4.69, 9.17) is 9.47 Å². The lowest BCUT2D eigenvalue weighted by Gasteiger charge is -2.29. The fraction of sp³-hybridized carbons (Fsp3) is 1.00. The van der Waals surface area contributed by atoms with Gasteiger partial charge in [0.25, 0.3) is 0 Å². The number of hydrogen-bond acceptors (Lipinski definition) is 3. The molecule has 13 heavy (non-hydrogen) atoms. The van der Waals surface area contributed by atoms with Gasteiger partial charge >= 0.3 is 0 Å². The molecule has 0 aromatic carbocycles.